The largest absolute Gasteiger partial charge is 0.383 e. The van der Waals surface area contributed by atoms with Gasteiger partial charge in [-0.3, -0.25) is 0 Å². The van der Waals surface area contributed by atoms with Crippen LogP contribution in [-0.4, -0.2) is 29.9 Å². The lowest BCUT2D eigenvalue weighted by atomic mass is 10.1. The number of aromatic nitrogens is 2. The second kappa shape index (κ2) is 5.90. The number of hydrogen-bond donors (Lipinski definition) is 1. The predicted octanol–water partition coefficient (Wildman–Crippen LogP) is 1.70. The van der Waals surface area contributed by atoms with Crippen molar-refractivity contribution in [2.24, 2.45) is 5.73 Å². The Kier molecular flexibility index (Phi) is 4.24. The Bertz CT molecular complexity index is 536. The number of halogens is 1. The molecule has 6 heteroatoms. The Morgan fingerprint density at radius 3 is 2.89 bits per heavy atom. The predicted molar refractivity (Wildman–Crippen MR) is 68.0 cm³/mol. The molecule has 1 aromatic heterocycles. The molecule has 2 N–H and O–H groups in total. The molecular weight excluding hydrogens is 249 g/mol. The first-order chi connectivity index (χ1) is 9.08. The monoisotopic (exact) mass is 265 g/mol. The number of ether oxygens (including phenoxy) is 1. The average molecular weight is 265 g/mol. The van der Waals surface area contributed by atoms with E-state index in [0.717, 1.165) is 5.56 Å². The summed E-state index contributed by atoms with van der Waals surface area (Å²) in [7, 11) is 1.58. The Labute approximate surface area is 110 Å². The maximum Gasteiger partial charge on any atom is 0.228 e. The van der Waals surface area contributed by atoms with Gasteiger partial charge in [0.2, 0.25) is 11.7 Å². The van der Waals surface area contributed by atoms with Crippen LogP contribution in [-0.2, 0) is 11.2 Å². The highest BCUT2D eigenvalue weighted by Crippen LogP contribution is 2.19. The molecule has 102 valence electrons. The standard InChI is InChI=1S/C13H16FN3O2/c1-8-3-9(5-10(14)4-8)13-16-12(19-17-13)6-11(15)7-18-2/h3-5,11H,6-7,15H2,1-2H3. The first kappa shape index (κ1) is 13.6. The van der Waals surface area contributed by atoms with Crippen LogP contribution in [0.2, 0.25) is 0 Å². The van der Waals surface area contributed by atoms with Crippen LogP contribution >= 0.6 is 0 Å². The molecule has 0 aliphatic rings. The molecule has 0 spiro atoms. The van der Waals surface area contributed by atoms with Gasteiger partial charge in [-0.05, 0) is 30.7 Å². The molecule has 19 heavy (non-hydrogen) atoms. The van der Waals surface area contributed by atoms with Crippen LogP contribution in [0.4, 0.5) is 4.39 Å². The van der Waals surface area contributed by atoms with Gasteiger partial charge in [0, 0.05) is 25.1 Å². The molecule has 0 fully saturated rings. The normalized spacial score (nSPS) is 12.6. The van der Waals surface area contributed by atoms with E-state index in [4.69, 9.17) is 15.0 Å². The number of hydrogen-bond acceptors (Lipinski definition) is 5. The van der Waals surface area contributed by atoms with Gasteiger partial charge in [-0.15, -0.1) is 0 Å². The number of methoxy groups -OCH3 is 1. The van der Waals surface area contributed by atoms with Gasteiger partial charge in [0.25, 0.3) is 0 Å². The lowest BCUT2D eigenvalue weighted by Gasteiger charge is -2.05. The first-order valence-electron chi connectivity index (χ1n) is 5.93. The van der Waals surface area contributed by atoms with Gasteiger partial charge in [0.1, 0.15) is 5.82 Å². The summed E-state index contributed by atoms with van der Waals surface area (Å²) >= 11 is 0. The summed E-state index contributed by atoms with van der Waals surface area (Å²) in [6, 6.07) is 4.41. The molecule has 1 unspecified atom stereocenters. The van der Waals surface area contributed by atoms with Crippen molar-refractivity contribution >= 4 is 0 Å². The number of nitrogens with two attached hydrogens (primary N) is 1. The summed E-state index contributed by atoms with van der Waals surface area (Å²) in [5.74, 6) is 0.459. The van der Waals surface area contributed by atoms with Crippen LogP contribution in [0.25, 0.3) is 11.4 Å². The third kappa shape index (κ3) is 3.59. The summed E-state index contributed by atoms with van der Waals surface area (Å²) < 4.78 is 23.3. The minimum absolute atomic E-state index is 0.201. The van der Waals surface area contributed by atoms with Crippen molar-refractivity contribution in [2.75, 3.05) is 13.7 Å². The second-order valence-corrected chi connectivity index (χ2v) is 4.45. The Morgan fingerprint density at radius 2 is 2.21 bits per heavy atom. The molecular formula is C13H16FN3O2. The molecule has 0 aliphatic heterocycles. The van der Waals surface area contributed by atoms with E-state index >= 15 is 0 Å². The molecule has 0 saturated heterocycles. The topological polar surface area (TPSA) is 74.2 Å². The van der Waals surface area contributed by atoms with Crippen LogP contribution in [0, 0.1) is 12.7 Å². The Morgan fingerprint density at radius 1 is 1.42 bits per heavy atom. The molecule has 1 atom stereocenters. The van der Waals surface area contributed by atoms with Gasteiger partial charge < -0.3 is 15.0 Å². The van der Waals surface area contributed by atoms with Crippen LogP contribution in [0.3, 0.4) is 0 Å². The molecule has 1 aromatic carbocycles. The molecule has 2 rings (SSSR count). The Hall–Kier alpha value is -1.79. The fraction of sp³-hybridized carbons (Fsp3) is 0.385. The highest BCUT2D eigenvalue weighted by molar-refractivity contribution is 5.55. The number of nitrogens with zero attached hydrogens (tertiary/aromatic N) is 2. The van der Waals surface area contributed by atoms with Crippen molar-refractivity contribution in [1.82, 2.24) is 10.1 Å². The maximum atomic E-state index is 13.3. The van der Waals surface area contributed by atoms with Crippen molar-refractivity contribution in [3.63, 3.8) is 0 Å². The molecule has 0 aliphatic carbocycles. The SMILES string of the molecule is COCC(N)Cc1nc(-c2cc(C)cc(F)c2)no1. The summed E-state index contributed by atoms with van der Waals surface area (Å²) in [6.45, 7) is 2.22. The highest BCUT2D eigenvalue weighted by Gasteiger charge is 2.13. The second-order valence-electron chi connectivity index (χ2n) is 4.45. The van der Waals surface area contributed by atoms with E-state index in [2.05, 4.69) is 10.1 Å². The molecule has 1 heterocycles. The first-order valence-corrected chi connectivity index (χ1v) is 5.93. The van der Waals surface area contributed by atoms with Crippen LogP contribution in [0.1, 0.15) is 11.5 Å². The molecule has 5 nitrogen and oxygen atoms in total. The van der Waals surface area contributed by atoms with Crippen molar-refractivity contribution in [1.29, 1.82) is 0 Å². The van der Waals surface area contributed by atoms with Crippen LogP contribution < -0.4 is 5.73 Å². The number of rotatable bonds is 5. The van der Waals surface area contributed by atoms with Crippen molar-refractivity contribution in [3.8, 4) is 11.4 Å². The van der Waals surface area contributed by atoms with Gasteiger partial charge in [0.15, 0.2) is 0 Å². The molecule has 0 saturated carbocycles. The van der Waals surface area contributed by atoms with E-state index in [1.807, 2.05) is 6.92 Å². The minimum atomic E-state index is -0.322. The van der Waals surface area contributed by atoms with Crippen molar-refractivity contribution in [3.05, 3.63) is 35.5 Å². The number of aryl methyl sites for hydroxylation is 1. The fourth-order valence-corrected chi connectivity index (χ4v) is 1.82. The van der Waals surface area contributed by atoms with Gasteiger partial charge in [-0.25, -0.2) is 4.39 Å². The van der Waals surface area contributed by atoms with E-state index in [-0.39, 0.29) is 11.9 Å². The average Bonchev–Trinajstić information content (AvgIpc) is 2.76. The summed E-state index contributed by atoms with van der Waals surface area (Å²) in [5, 5.41) is 3.83. The van der Waals surface area contributed by atoms with E-state index in [1.165, 1.54) is 12.1 Å². The van der Waals surface area contributed by atoms with Gasteiger partial charge in [0.05, 0.1) is 6.61 Å². The number of benzene rings is 1. The fourth-order valence-electron chi connectivity index (χ4n) is 1.82. The van der Waals surface area contributed by atoms with Crippen molar-refractivity contribution in [2.45, 2.75) is 19.4 Å². The molecule has 0 amide bonds. The van der Waals surface area contributed by atoms with Gasteiger partial charge in [-0.1, -0.05) is 5.16 Å². The Balaban J connectivity index is 2.16. The highest BCUT2D eigenvalue weighted by atomic mass is 19.1. The smallest absolute Gasteiger partial charge is 0.228 e. The van der Waals surface area contributed by atoms with E-state index in [1.54, 1.807) is 13.2 Å². The van der Waals surface area contributed by atoms with E-state index in [0.29, 0.717) is 30.3 Å². The van der Waals surface area contributed by atoms with Crippen molar-refractivity contribution < 1.29 is 13.7 Å². The van der Waals surface area contributed by atoms with Gasteiger partial charge >= 0.3 is 0 Å². The maximum absolute atomic E-state index is 13.3. The zero-order chi connectivity index (χ0) is 13.8. The molecule has 2 aromatic rings. The quantitative estimate of drug-likeness (QED) is 0.890. The lowest BCUT2D eigenvalue weighted by molar-refractivity contribution is 0.176. The lowest BCUT2D eigenvalue weighted by Crippen LogP contribution is -2.28. The van der Waals surface area contributed by atoms with Gasteiger partial charge in [-0.2, -0.15) is 4.98 Å². The van der Waals surface area contributed by atoms with E-state index < -0.39 is 0 Å². The minimum Gasteiger partial charge on any atom is -0.383 e. The molecule has 0 bridgehead atoms. The summed E-state index contributed by atoms with van der Waals surface area (Å²) in [6.07, 6.45) is 0.426. The third-order valence-electron chi connectivity index (χ3n) is 2.59. The third-order valence-corrected chi connectivity index (χ3v) is 2.59. The zero-order valence-corrected chi connectivity index (χ0v) is 10.9. The summed E-state index contributed by atoms with van der Waals surface area (Å²) in [4.78, 5) is 4.20. The van der Waals surface area contributed by atoms with Crippen LogP contribution in [0.15, 0.2) is 22.7 Å². The zero-order valence-electron chi connectivity index (χ0n) is 10.9. The van der Waals surface area contributed by atoms with Crippen LogP contribution in [0.5, 0.6) is 0 Å². The molecule has 0 radical (unpaired) electrons. The van der Waals surface area contributed by atoms with E-state index in [9.17, 15) is 4.39 Å². The summed E-state index contributed by atoms with van der Waals surface area (Å²) in [5.41, 5.74) is 7.19.